The van der Waals surface area contributed by atoms with Gasteiger partial charge in [0, 0.05) is 31.3 Å². The van der Waals surface area contributed by atoms with Crippen molar-refractivity contribution in [2.24, 2.45) is 0 Å². The van der Waals surface area contributed by atoms with E-state index in [1.165, 1.54) is 6.08 Å². The van der Waals surface area contributed by atoms with E-state index in [0.717, 1.165) is 33.4 Å². The first-order valence-corrected chi connectivity index (χ1v) is 9.16. The maximum atomic E-state index is 13.3. The summed E-state index contributed by atoms with van der Waals surface area (Å²) in [5, 5.41) is 0. The molecule has 0 spiro atoms. The Hall–Kier alpha value is -2.68. The quantitative estimate of drug-likeness (QED) is 0.551. The number of nitrogens with zero attached hydrogens (tertiary/aromatic N) is 1. The lowest BCUT2D eigenvalue weighted by Crippen LogP contribution is -2.22. The molecule has 0 radical (unpaired) electrons. The number of hydrogen-bond donors (Lipinski definition) is 0. The lowest BCUT2D eigenvalue weighted by Gasteiger charge is -2.19. The first kappa shape index (κ1) is 20.6. The summed E-state index contributed by atoms with van der Waals surface area (Å²) in [5.41, 5.74) is 7.72. The Kier molecular flexibility index (Phi) is 6.04. The molecule has 142 valence electrons. The zero-order valence-corrected chi connectivity index (χ0v) is 17.7. The lowest BCUT2D eigenvalue weighted by atomic mass is 9.92. The molecule has 0 saturated carbocycles. The molecule has 27 heavy (non-hydrogen) atoms. The molecule has 0 heterocycles. The molecule has 0 saturated heterocycles. The Morgan fingerprint density at radius 1 is 0.704 bits per heavy atom. The topological polar surface area (TPSA) is 37.4 Å². The van der Waals surface area contributed by atoms with Gasteiger partial charge in [-0.2, -0.15) is 0 Å². The van der Waals surface area contributed by atoms with Gasteiger partial charge in [-0.05, 0) is 63.8 Å². The second kappa shape index (κ2) is 7.91. The SMILES string of the molecule is Cc1cc(C)c(C(=O)/C=C(/C(=O)c2c(C)cc(C)cc2C)N(C)C)c(C)c1. The van der Waals surface area contributed by atoms with E-state index in [0.29, 0.717) is 16.8 Å². The van der Waals surface area contributed by atoms with Gasteiger partial charge in [-0.3, -0.25) is 9.59 Å². The summed E-state index contributed by atoms with van der Waals surface area (Å²) >= 11 is 0. The molecule has 0 N–H and O–H groups in total. The van der Waals surface area contributed by atoms with Crippen LogP contribution in [0, 0.1) is 41.5 Å². The molecule has 0 aromatic heterocycles. The smallest absolute Gasteiger partial charge is 0.209 e. The Balaban J connectivity index is 2.56. The van der Waals surface area contributed by atoms with E-state index in [2.05, 4.69) is 0 Å². The first-order chi connectivity index (χ1) is 12.5. The van der Waals surface area contributed by atoms with Gasteiger partial charge in [-0.1, -0.05) is 35.4 Å². The van der Waals surface area contributed by atoms with Gasteiger partial charge in [-0.25, -0.2) is 0 Å². The van der Waals surface area contributed by atoms with Crippen molar-refractivity contribution in [2.45, 2.75) is 41.5 Å². The Labute approximate surface area is 162 Å². The van der Waals surface area contributed by atoms with E-state index < -0.39 is 0 Å². The molecule has 2 aromatic rings. The lowest BCUT2D eigenvalue weighted by molar-refractivity contribution is 0.0983. The molecule has 0 aliphatic rings. The van der Waals surface area contributed by atoms with Crippen molar-refractivity contribution >= 4 is 11.6 Å². The van der Waals surface area contributed by atoms with Crippen molar-refractivity contribution in [3.05, 3.63) is 80.5 Å². The fourth-order valence-electron chi connectivity index (χ4n) is 3.83. The highest BCUT2D eigenvalue weighted by Gasteiger charge is 2.21. The summed E-state index contributed by atoms with van der Waals surface area (Å²) in [6.45, 7) is 11.8. The van der Waals surface area contributed by atoms with Gasteiger partial charge in [0.2, 0.25) is 5.78 Å². The normalized spacial score (nSPS) is 11.5. The molecule has 0 aliphatic heterocycles. The minimum absolute atomic E-state index is 0.120. The highest BCUT2D eigenvalue weighted by molar-refractivity contribution is 6.16. The van der Waals surface area contributed by atoms with Gasteiger partial charge in [0.1, 0.15) is 0 Å². The van der Waals surface area contributed by atoms with Crippen LogP contribution in [-0.4, -0.2) is 30.6 Å². The van der Waals surface area contributed by atoms with Crippen molar-refractivity contribution in [2.75, 3.05) is 14.1 Å². The van der Waals surface area contributed by atoms with E-state index in [1.807, 2.05) is 65.8 Å². The number of Topliss-reactive ketones (excluding diaryl/α,β-unsaturated/α-hetero) is 1. The number of benzene rings is 2. The van der Waals surface area contributed by atoms with E-state index in [1.54, 1.807) is 19.0 Å². The van der Waals surface area contributed by atoms with Gasteiger partial charge < -0.3 is 4.90 Å². The van der Waals surface area contributed by atoms with Gasteiger partial charge in [0.15, 0.2) is 5.78 Å². The average molecular weight is 364 g/mol. The molecule has 2 rings (SSSR count). The molecular formula is C24H29NO2. The molecule has 3 nitrogen and oxygen atoms in total. The Bertz CT molecular complexity index is 903. The van der Waals surface area contributed by atoms with Crippen LogP contribution < -0.4 is 0 Å². The number of carbonyl (C=O) groups excluding carboxylic acids is 2. The van der Waals surface area contributed by atoms with Crippen molar-refractivity contribution in [3.8, 4) is 0 Å². The van der Waals surface area contributed by atoms with E-state index in [9.17, 15) is 9.59 Å². The van der Waals surface area contributed by atoms with Crippen molar-refractivity contribution in [1.29, 1.82) is 0 Å². The van der Waals surface area contributed by atoms with Crippen molar-refractivity contribution in [1.82, 2.24) is 4.90 Å². The minimum Gasteiger partial charge on any atom is -0.374 e. The standard InChI is InChI=1S/C24H29NO2/c1-14-9-16(3)22(17(4)10-14)21(26)13-20(25(7)8)24(27)23-18(5)11-15(2)12-19(23)6/h9-13H,1-8H3/b20-13-. The highest BCUT2D eigenvalue weighted by Crippen LogP contribution is 2.23. The number of ketones is 2. The minimum atomic E-state index is -0.135. The third-order valence-corrected chi connectivity index (χ3v) is 4.81. The molecule has 0 amide bonds. The number of rotatable bonds is 5. The maximum Gasteiger partial charge on any atom is 0.209 e. The predicted octanol–water partition coefficient (Wildman–Crippen LogP) is 5.05. The van der Waals surface area contributed by atoms with Crippen LogP contribution in [0.4, 0.5) is 0 Å². The zero-order valence-electron chi connectivity index (χ0n) is 17.7. The van der Waals surface area contributed by atoms with Crippen LogP contribution in [-0.2, 0) is 0 Å². The molecule has 0 fully saturated rings. The predicted molar refractivity (Wildman–Crippen MR) is 112 cm³/mol. The van der Waals surface area contributed by atoms with Crippen molar-refractivity contribution in [3.63, 3.8) is 0 Å². The Morgan fingerprint density at radius 3 is 1.44 bits per heavy atom. The van der Waals surface area contributed by atoms with Gasteiger partial charge >= 0.3 is 0 Å². The zero-order chi connectivity index (χ0) is 20.5. The van der Waals surface area contributed by atoms with Crippen LogP contribution in [0.5, 0.6) is 0 Å². The number of aryl methyl sites for hydroxylation is 6. The third kappa shape index (κ3) is 4.36. The monoisotopic (exact) mass is 363 g/mol. The highest BCUT2D eigenvalue weighted by atomic mass is 16.1. The summed E-state index contributed by atoms with van der Waals surface area (Å²) in [4.78, 5) is 28.0. The van der Waals surface area contributed by atoms with Gasteiger partial charge in [-0.15, -0.1) is 0 Å². The molecule has 0 bridgehead atoms. The van der Waals surface area contributed by atoms with E-state index in [4.69, 9.17) is 0 Å². The summed E-state index contributed by atoms with van der Waals surface area (Å²) in [6.07, 6.45) is 1.48. The number of hydrogen-bond acceptors (Lipinski definition) is 3. The van der Waals surface area contributed by atoms with Gasteiger partial charge in [0.05, 0.1) is 5.70 Å². The van der Waals surface area contributed by atoms with Crippen LogP contribution in [0.2, 0.25) is 0 Å². The maximum absolute atomic E-state index is 13.3. The molecule has 0 aliphatic carbocycles. The first-order valence-electron chi connectivity index (χ1n) is 9.16. The molecule has 0 atom stereocenters. The van der Waals surface area contributed by atoms with Crippen LogP contribution in [0.3, 0.4) is 0 Å². The van der Waals surface area contributed by atoms with Crippen LogP contribution >= 0.6 is 0 Å². The number of carbonyl (C=O) groups is 2. The fraction of sp³-hybridized carbons (Fsp3) is 0.333. The van der Waals surface area contributed by atoms with E-state index in [-0.39, 0.29) is 11.6 Å². The summed E-state index contributed by atoms with van der Waals surface area (Å²) < 4.78 is 0. The third-order valence-electron chi connectivity index (χ3n) is 4.81. The molecule has 2 aromatic carbocycles. The summed E-state index contributed by atoms with van der Waals surface area (Å²) in [6, 6.07) is 8.01. The number of allylic oxidation sites excluding steroid dienone is 2. The van der Waals surface area contributed by atoms with Crippen molar-refractivity contribution < 1.29 is 9.59 Å². The second-order valence-electron chi connectivity index (χ2n) is 7.66. The largest absolute Gasteiger partial charge is 0.374 e. The van der Waals surface area contributed by atoms with Crippen LogP contribution in [0.25, 0.3) is 0 Å². The van der Waals surface area contributed by atoms with E-state index >= 15 is 0 Å². The van der Waals surface area contributed by atoms with Crippen LogP contribution in [0.1, 0.15) is 54.1 Å². The molecule has 3 heteroatoms. The second-order valence-corrected chi connectivity index (χ2v) is 7.66. The molecule has 0 unspecified atom stereocenters. The Morgan fingerprint density at radius 2 is 1.07 bits per heavy atom. The number of likely N-dealkylation sites (N-methyl/N-ethyl adjacent to an activating group) is 1. The fourth-order valence-corrected chi connectivity index (χ4v) is 3.83. The van der Waals surface area contributed by atoms with Gasteiger partial charge in [0.25, 0.3) is 0 Å². The summed E-state index contributed by atoms with van der Waals surface area (Å²) in [7, 11) is 3.59. The van der Waals surface area contributed by atoms with Crippen LogP contribution in [0.15, 0.2) is 36.0 Å². The molecular weight excluding hydrogens is 334 g/mol. The average Bonchev–Trinajstić information content (AvgIpc) is 2.49. The summed E-state index contributed by atoms with van der Waals surface area (Å²) in [5.74, 6) is -0.254.